The largest absolute Gasteiger partial charge is 0.491 e. The number of allylic oxidation sites excluding steroid dienone is 3. The van der Waals surface area contributed by atoms with E-state index in [4.69, 9.17) is 4.74 Å². The molecule has 0 saturated heterocycles. The fourth-order valence-electron chi connectivity index (χ4n) is 3.80. The van der Waals surface area contributed by atoms with E-state index in [1.807, 2.05) is 36.4 Å². The Bertz CT molecular complexity index is 780. The third-order valence-electron chi connectivity index (χ3n) is 5.89. The molecule has 1 amide bonds. The maximum Gasteiger partial charge on any atom is 0.220 e. The number of benzene rings is 1. The van der Waals surface area contributed by atoms with Crippen LogP contribution >= 0.6 is 0 Å². The fraction of sp³-hybridized carbons (Fsp3) is 0.538. The maximum atomic E-state index is 12.2. The van der Waals surface area contributed by atoms with E-state index >= 15 is 0 Å². The zero-order chi connectivity index (χ0) is 21.9. The first-order valence-corrected chi connectivity index (χ1v) is 11.7. The van der Waals surface area contributed by atoms with Gasteiger partial charge in [0.2, 0.25) is 5.91 Å². The fourth-order valence-corrected chi connectivity index (χ4v) is 3.80. The van der Waals surface area contributed by atoms with E-state index in [9.17, 15) is 14.7 Å². The van der Waals surface area contributed by atoms with Crippen LogP contribution in [0.2, 0.25) is 0 Å². The predicted octanol–water partition coefficient (Wildman–Crippen LogP) is 4.51. The van der Waals surface area contributed by atoms with Crippen LogP contribution in [0.5, 0.6) is 5.75 Å². The van der Waals surface area contributed by atoms with Crippen molar-refractivity contribution < 1.29 is 19.4 Å². The van der Waals surface area contributed by atoms with Gasteiger partial charge in [0.15, 0.2) is 5.78 Å². The van der Waals surface area contributed by atoms with Gasteiger partial charge in [-0.3, -0.25) is 9.59 Å². The highest BCUT2D eigenvalue weighted by Crippen LogP contribution is 2.29. The molecule has 0 heterocycles. The van der Waals surface area contributed by atoms with Crippen LogP contribution in [0.25, 0.3) is 0 Å². The van der Waals surface area contributed by atoms with E-state index in [-0.39, 0.29) is 18.3 Å². The minimum absolute atomic E-state index is 0.169. The molecule has 1 atom stereocenters. The van der Waals surface area contributed by atoms with Crippen LogP contribution in [0.15, 0.2) is 53.6 Å². The molecule has 5 heteroatoms. The lowest BCUT2D eigenvalue weighted by atomic mass is 10.0. The third-order valence-corrected chi connectivity index (χ3v) is 5.89. The molecule has 1 aromatic rings. The number of amides is 1. The highest BCUT2D eigenvalue weighted by molar-refractivity contribution is 5.99. The summed E-state index contributed by atoms with van der Waals surface area (Å²) < 4.78 is 5.57. The number of aliphatic hydroxyl groups is 1. The number of unbranched alkanes of at least 4 members (excludes halogenated alkanes) is 3. The van der Waals surface area contributed by atoms with Gasteiger partial charge in [0.05, 0.1) is 0 Å². The number of aliphatic hydroxyl groups excluding tert-OH is 1. The number of rotatable bonds is 14. The number of Topliss-reactive ketones (excluding diaryl/α,β-unsaturated/α-hetero) is 1. The minimum Gasteiger partial charge on any atom is -0.491 e. The van der Waals surface area contributed by atoms with Gasteiger partial charge in [0.1, 0.15) is 18.5 Å². The Morgan fingerprint density at radius 2 is 1.90 bits per heavy atom. The molecule has 0 aliphatic heterocycles. The van der Waals surface area contributed by atoms with Crippen molar-refractivity contribution in [3.63, 3.8) is 0 Å². The van der Waals surface area contributed by atoms with Crippen molar-refractivity contribution >= 4 is 11.7 Å². The van der Waals surface area contributed by atoms with Gasteiger partial charge < -0.3 is 15.2 Å². The summed E-state index contributed by atoms with van der Waals surface area (Å²) in [5, 5.41) is 13.2. The number of nitrogens with one attached hydrogen (secondary N) is 1. The lowest BCUT2D eigenvalue weighted by molar-refractivity contribution is -0.121. The summed E-state index contributed by atoms with van der Waals surface area (Å²) in [4.78, 5) is 24.0. The van der Waals surface area contributed by atoms with Crippen LogP contribution < -0.4 is 10.1 Å². The molecular weight excluding hydrogens is 390 g/mol. The van der Waals surface area contributed by atoms with E-state index in [0.29, 0.717) is 12.8 Å². The van der Waals surface area contributed by atoms with Gasteiger partial charge in [-0.15, -0.1) is 0 Å². The number of ketones is 1. The number of hydrogen-bond donors (Lipinski definition) is 2. The van der Waals surface area contributed by atoms with Crippen molar-refractivity contribution in [2.24, 2.45) is 5.92 Å². The highest BCUT2D eigenvalue weighted by Gasteiger charge is 2.22. The number of para-hydroxylation sites is 1. The van der Waals surface area contributed by atoms with Crippen LogP contribution in [0.3, 0.4) is 0 Å². The standard InChI is InChI=1S/C26H35NO4/c28-22(19-31-23-8-4-3-5-9-23)16-14-21-15-17-25(29)24(21)10-6-1-2-7-11-26(30)27-18-20-12-13-20/h3-5,8-9,14,16,20,22,28H,1-2,6-7,10-13,15,17-19H2,(H,27,30)/b16-14+/t22-/m1/s1. The van der Waals surface area contributed by atoms with E-state index in [0.717, 1.165) is 67.9 Å². The molecular formula is C26H35NO4. The van der Waals surface area contributed by atoms with E-state index in [1.54, 1.807) is 6.08 Å². The van der Waals surface area contributed by atoms with E-state index in [2.05, 4.69) is 5.32 Å². The first-order valence-electron chi connectivity index (χ1n) is 11.7. The molecule has 31 heavy (non-hydrogen) atoms. The van der Waals surface area contributed by atoms with Crippen molar-refractivity contribution in [1.82, 2.24) is 5.32 Å². The second kappa shape index (κ2) is 12.5. The van der Waals surface area contributed by atoms with Gasteiger partial charge in [0, 0.05) is 19.4 Å². The lowest BCUT2D eigenvalue weighted by Gasteiger charge is -2.09. The molecule has 3 rings (SSSR count). The average Bonchev–Trinajstić information content (AvgIpc) is 3.55. The van der Waals surface area contributed by atoms with Gasteiger partial charge >= 0.3 is 0 Å². The van der Waals surface area contributed by atoms with Gasteiger partial charge in [-0.05, 0) is 67.7 Å². The van der Waals surface area contributed by atoms with Crippen molar-refractivity contribution in [2.45, 2.75) is 70.3 Å². The summed E-state index contributed by atoms with van der Waals surface area (Å²) in [7, 11) is 0. The second-order valence-electron chi connectivity index (χ2n) is 8.64. The van der Waals surface area contributed by atoms with Crippen LogP contribution in [0.1, 0.15) is 64.2 Å². The first kappa shape index (κ1) is 23.3. The third kappa shape index (κ3) is 8.70. The van der Waals surface area contributed by atoms with Gasteiger partial charge in [-0.25, -0.2) is 0 Å². The molecule has 1 saturated carbocycles. The predicted molar refractivity (Wildman–Crippen MR) is 122 cm³/mol. The Morgan fingerprint density at radius 3 is 2.68 bits per heavy atom. The SMILES string of the molecule is O=C(CCCCCCC1=C(/C=C/[C@@H](O)COc2ccccc2)CCC1=O)NCC1CC1. The van der Waals surface area contributed by atoms with E-state index in [1.165, 1.54) is 12.8 Å². The molecule has 1 fully saturated rings. The summed E-state index contributed by atoms with van der Waals surface area (Å²) in [6.45, 7) is 1.03. The molecule has 5 nitrogen and oxygen atoms in total. The Balaban J connectivity index is 1.33. The molecule has 0 bridgehead atoms. The Morgan fingerprint density at radius 1 is 1.13 bits per heavy atom. The molecule has 2 N–H and O–H groups in total. The molecule has 2 aliphatic rings. The summed E-state index contributed by atoms with van der Waals surface area (Å²) in [6, 6.07) is 9.41. The second-order valence-corrected chi connectivity index (χ2v) is 8.64. The molecule has 0 spiro atoms. The number of carbonyl (C=O) groups is 2. The number of ether oxygens (including phenoxy) is 1. The summed E-state index contributed by atoms with van der Waals surface area (Å²) in [6.07, 6.45) is 12.0. The van der Waals surface area contributed by atoms with Crippen molar-refractivity contribution in [2.75, 3.05) is 13.2 Å². The molecule has 0 unspecified atom stereocenters. The first-order chi connectivity index (χ1) is 15.1. The zero-order valence-corrected chi connectivity index (χ0v) is 18.4. The van der Waals surface area contributed by atoms with Gasteiger partial charge in [-0.1, -0.05) is 43.2 Å². The van der Waals surface area contributed by atoms with Crippen LogP contribution in [-0.2, 0) is 9.59 Å². The monoisotopic (exact) mass is 425 g/mol. The normalized spacial score (nSPS) is 17.4. The lowest BCUT2D eigenvalue weighted by Crippen LogP contribution is -2.25. The minimum atomic E-state index is -0.712. The van der Waals surface area contributed by atoms with E-state index < -0.39 is 6.10 Å². The number of carbonyl (C=O) groups excluding carboxylic acids is 2. The van der Waals surface area contributed by atoms with Crippen molar-refractivity contribution in [3.05, 3.63) is 53.6 Å². The summed E-state index contributed by atoms with van der Waals surface area (Å²) in [5.74, 6) is 1.85. The van der Waals surface area contributed by atoms with Gasteiger partial charge in [-0.2, -0.15) is 0 Å². The Hall–Kier alpha value is -2.40. The smallest absolute Gasteiger partial charge is 0.220 e. The zero-order valence-electron chi connectivity index (χ0n) is 18.4. The molecule has 2 aliphatic carbocycles. The maximum absolute atomic E-state index is 12.2. The van der Waals surface area contributed by atoms with Gasteiger partial charge in [0.25, 0.3) is 0 Å². The average molecular weight is 426 g/mol. The van der Waals surface area contributed by atoms with Crippen LogP contribution in [-0.4, -0.2) is 36.1 Å². The summed E-state index contributed by atoms with van der Waals surface area (Å²) >= 11 is 0. The highest BCUT2D eigenvalue weighted by atomic mass is 16.5. The van der Waals surface area contributed by atoms with Crippen LogP contribution in [0.4, 0.5) is 0 Å². The Kier molecular flexibility index (Phi) is 9.35. The molecule has 168 valence electrons. The quantitative estimate of drug-likeness (QED) is 0.430. The molecule has 1 aromatic carbocycles. The van der Waals surface area contributed by atoms with Crippen molar-refractivity contribution in [1.29, 1.82) is 0 Å². The summed E-state index contributed by atoms with van der Waals surface area (Å²) in [5.41, 5.74) is 1.96. The van der Waals surface area contributed by atoms with Crippen LogP contribution in [0, 0.1) is 5.92 Å². The Labute approximate surface area is 185 Å². The number of hydrogen-bond acceptors (Lipinski definition) is 4. The molecule has 0 aromatic heterocycles. The molecule has 0 radical (unpaired) electrons. The van der Waals surface area contributed by atoms with Crippen molar-refractivity contribution in [3.8, 4) is 5.75 Å². The topological polar surface area (TPSA) is 75.6 Å².